The monoisotopic (exact) mass is 213 g/mol. The van der Waals surface area contributed by atoms with Crippen LogP contribution in [0.25, 0.3) is 0 Å². The fourth-order valence-corrected chi connectivity index (χ4v) is 1.79. The number of carbonyl (C=O) groups is 1. The molecule has 0 aromatic carbocycles. The van der Waals surface area contributed by atoms with Crippen molar-refractivity contribution in [1.29, 1.82) is 0 Å². The minimum absolute atomic E-state index is 0.263. The second-order valence-corrected chi connectivity index (χ2v) is 4.29. The van der Waals surface area contributed by atoms with Crippen LogP contribution in [0, 0.1) is 0 Å². The van der Waals surface area contributed by atoms with Gasteiger partial charge in [-0.05, 0) is 46.3 Å². The zero-order valence-electron chi connectivity index (χ0n) is 9.91. The standard InChI is InChI=1S/C11H23N3O/c1-3-14(10-5-6-10)11(15)9-13(2)8-4-7-12/h10H,3-9,12H2,1-2H3. The quantitative estimate of drug-likeness (QED) is 0.661. The summed E-state index contributed by atoms with van der Waals surface area (Å²) in [5.41, 5.74) is 5.43. The Morgan fingerprint density at radius 1 is 1.47 bits per heavy atom. The van der Waals surface area contributed by atoms with Crippen LogP contribution in [0.3, 0.4) is 0 Å². The Morgan fingerprint density at radius 3 is 2.60 bits per heavy atom. The van der Waals surface area contributed by atoms with Crippen LogP contribution in [0.5, 0.6) is 0 Å². The summed E-state index contributed by atoms with van der Waals surface area (Å²) < 4.78 is 0. The summed E-state index contributed by atoms with van der Waals surface area (Å²) >= 11 is 0. The Balaban J connectivity index is 2.26. The Bertz CT molecular complexity index is 204. The van der Waals surface area contributed by atoms with E-state index in [2.05, 4.69) is 11.8 Å². The SMILES string of the molecule is CCN(C(=O)CN(C)CCCN)C1CC1. The summed E-state index contributed by atoms with van der Waals surface area (Å²) in [7, 11) is 1.98. The number of nitrogens with zero attached hydrogens (tertiary/aromatic N) is 2. The molecule has 4 nitrogen and oxygen atoms in total. The van der Waals surface area contributed by atoms with E-state index in [1.165, 1.54) is 12.8 Å². The van der Waals surface area contributed by atoms with Gasteiger partial charge >= 0.3 is 0 Å². The van der Waals surface area contributed by atoms with E-state index in [0.717, 1.165) is 19.5 Å². The molecule has 1 amide bonds. The summed E-state index contributed by atoms with van der Waals surface area (Å²) in [5.74, 6) is 0.263. The van der Waals surface area contributed by atoms with Crippen molar-refractivity contribution in [3.8, 4) is 0 Å². The lowest BCUT2D eigenvalue weighted by atomic mass is 10.3. The molecule has 0 aromatic rings. The Kier molecular flexibility index (Phi) is 5.05. The molecule has 88 valence electrons. The van der Waals surface area contributed by atoms with Gasteiger partial charge in [-0.15, -0.1) is 0 Å². The highest BCUT2D eigenvalue weighted by molar-refractivity contribution is 5.78. The highest BCUT2D eigenvalue weighted by Crippen LogP contribution is 2.26. The van der Waals surface area contributed by atoms with E-state index >= 15 is 0 Å². The van der Waals surface area contributed by atoms with Gasteiger partial charge in [-0.1, -0.05) is 0 Å². The molecule has 1 rings (SSSR count). The number of amides is 1. The molecule has 15 heavy (non-hydrogen) atoms. The molecule has 1 fully saturated rings. The molecule has 0 heterocycles. The van der Waals surface area contributed by atoms with Gasteiger partial charge in [-0.3, -0.25) is 9.69 Å². The summed E-state index contributed by atoms with van der Waals surface area (Å²) in [6.45, 7) is 5.03. The molecule has 0 aromatic heterocycles. The first kappa shape index (κ1) is 12.5. The van der Waals surface area contributed by atoms with Gasteiger partial charge in [-0.25, -0.2) is 0 Å². The molecule has 0 aliphatic heterocycles. The molecule has 0 saturated heterocycles. The van der Waals surface area contributed by atoms with Gasteiger partial charge in [0.2, 0.25) is 5.91 Å². The molecule has 1 aliphatic carbocycles. The molecule has 0 radical (unpaired) electrons. The Hall–Kier alpha value is -0.610. The number of rotatable bonds is 7. The smallest absolute Gasteiger partial charge is 0.236 e. The molecule has 4 heteroatoms. The van der Waals surface area contributed by atoms with Crippen LogP contribution in [0.15, 0.2) is 0 Å². The van der Waals surface area contributed by atoms with Crippen molar-refractivity contribution >= 4 is 5.91 Å². The molecule has 1 saturated carbocycles. The van der Waals surface area contributed by atoms with E-state index in [-0.39, 0.29) is 5.91 Å². The van der Waals surface area contributed by atoms with Crippen molar-refractivity contribution in [2.75, 3.05) is 33.2 Å². The van der Waals surface area contributed by atoms with Crippen molar-refractivity contribution in [3.63, 3.8) is 0 Å². The van der Waals surface area contributed by atoms with Gasteiger partial charge in [-0.2, -0.15) is 0 Å². The van der Waals surface area contributed by atoms with Crippen LogP contribution >= 0.6 is 0 Å². The normalized spacial score (nSPS) is 15.7. The third kappa shape index (κ3) is 4.18. The summed E-state index contributed by atoms with van der Waals surface area (Å²) in [6, 6.07) is 0.533. The summed E-state index contributed by atoms with van der Waals surface area (Å²) in [5, 5.41) is 0. The maximum atomic E-state index is 11.9. The van der Waals surface area contributed by atoms with Gasteiger partial charge < -0.3 is 10.6 Å². The van der Waals surface area contributed by atoms with Crippen LogP contribution in [-0.2, 0) is 4.79 Å². The van der Waals surface area contributed by atoms with E-state index in [4.69, 9.17) is 5.73 Å². The number of hydrogen-bond acceptors (Lipinski definition) is 3. The first-order valence-electron chi connectivity index (χ1n) is 5.87. The lowest BCUT2D eigenvalue weighted by Crippen LogP contribution is -2.40. The molecular formula is C11H23N3O. The summed E-state index contributed by atoms with van der Waals surface area (Å²) in [6.07, 6.45) is 3.33. The number of hydrogen-bond donors (Lipinski definition) is 1. The number of likely N-dealkylation sites (N-methyl/N-ethyl adjacent to an activating group) is 2. The van der Waals surface area contributed by atoms with Gasteiger partial charge in [0.1, 0.15) is 0 Å². The third-order valence-electron chi connectivity index (χ3n) is 2.80. The molecule has 0 atom stereocenters. The van der Waals surface area contributed by atoms with Crippen LogP contribution in [0.2, 0.25) is 0 Å². The maximum absolute atomic E-state index is 11.9. The number of carbonyl (C=O) groups excluding carboxylic acids is 1. The minimum Gasteiger partial charge on any atom is -0.339 e. The van der Waals surface area contributed by atoms with Gasteiger partial charge in [0.05, 0.1) is 6.54 Å². The molecule has 2 N–H and O–H groups in total. The molecular weight excluding hydrogens is 190 g/mol. The fraction of sp³-hybridized carbons (Fsp3) is 0.909. The minimum atomic E-state index is 0.263. The van der Waals surface area contributed by atoms with Crippen molar-refractivity contribution < 1.29 is 4.79 Å². The van der Waals surface area contributed by atoms with Crippen LogP contribution in [0.1, 0.15) is 26.2 Å². The van der Waals surface area contributed by atoms with Crippen molar-refractivity contribution in [2.24, 2.45) is 5.73 Å². The molecule has 0 unspecified atom stereocenters. The van der Waals surface area contributed by atoms with Gasteiger partial charge in [0.25, 0.3) is 0 Å². The Morgan fingerprint density at radius 2 is 2.13 bits per heavy atom. The third-order valence-corrected chi connectivity index (χ3v) is 2.80. The highest BCUT2D eigenvalue weighted by atomic mass is 16.2. The van der Waals surface area contributed by atoms with Crippen molar-refractivity contribution in [3.05, 3.63) is 0 Å². The van der Waals surface area contributed by atoms with Gasteiger partial charge in [0.15, 0.2) is 0 Å². The second kappa shape index (κ2) is 6.08. The lowest BCUT2D eigenvalue weighted by molar-refractivity contribution is -0.132. The Labute approximate surface area is 92.4 Å². The van der Waals surface area contributed by atoms with E-state index in [1.54, 1.807) is 0 Å². The van der Waals surface area contributed by atoms with E-state index < -0.39 is 0 Å². The van der Waals surface area contributed by atoms with E-state index in [1.807, 2.05) is 11.9 Å². The zero-order valence-corrected chi connectivity index (χ0v) is 9.91. The molecule has 0 bridgehead atoms. The predicted molar refractivity (Wildman–Crippen MR) is 61.6 cm³/mol. The van der Waals surface area contributed by atoms with Crippen LogP contribution < -0.4 is 5.73 Å². The molecule has 1 aliphatic rings. The number of nitrogens with two attached hydrogens (primary N) is 1. The first-order chi connectivity index (χ1) is 7.19. The fourth-order valence-electron chi connectivity index (χ4n) is 1.79. The first-order valence-corrected chi connectivity index (χ1v) is 5.87. The van der Waals surface area contributed by atoms with Crippen molar-refractivity contribution in [2.45, 2.75) is 32.2 Å². The largest absolute Gasteiger partial charge is 0.339 e. The molecule has 0 spiro atoms. The van der Waals surface area contributed by atoms with Crippen LogP contribution in [0.4, 0.5) is 0 Å². The predicted octanol–water partition coefficient (Wildman–Crippen LogP) is 0.278. The van der Waals surface area contributed by atoms with Crippen molar-refractivity contribution in [1.82, 2.24) is 9.80 Å². The second-order valence-electron chi connectivity index (χ2n) is 4.29. The average Bonchev–Trinajstić information content (AvgIpc) is 3.00. The van der Waals surface area contributed by atoms with Gasteiger partial charge in [0, 0.05) is 12.6 Å². The average molecular weight is 213 g/mol. The maximum Gasteiger partial charge on any atom is 0.236 e. The van der Waals surface area contributed by atoms with E-state index in [0.29, 0.717) is 19.1 Å². The van der Waals surface area contributed by atoms with E-state index in [9.17, 15) is 4.79 Å². The lowest BCUT2D eigenvalue weighted by Gasteiger charge is -2.24. The van der Waals surface area contributed by atoms with Crippen LogP contribution in [-0.4, -0.2) is 55.0 Å². The topological polar surface area (TPSA) is 49.6 Å². The highest BCUT2D eigenvalue weighted by Gasteiger charge is 2.31. The summed E-state index contributed by atoms with van der Waals surface area (Å²) in [4.78, 5) is 15.9. The zero-order chi connectivity index (χ0) is 11.3.